The number of carbonyl (C=O) groups excluding carboxylic acids is 1. The maximum Gasteiger partial charge on any atom is 0.251 e. The van der Waals surface area contributed by atoms with Gasteiger partial charge in [-0.15, -0.1) is 0 Å². The Morgan fingerprint density at radius 3 is 2.17 bits per heavy atom. The molecule has 0 aliphatic heterocycles. The molecule has 91 valence electrons. The van der Waals surface area contributed by atoms with E-state index in [4.69, 9.17) is 0 Å². The van der Waals surface area contributed by atoms with Gasteiger partial charge in [0.05, 0.1) is 0 Å². The third-order valence-electron chi connectivity index (χ3n) is 2.70. The summed E-state index contributed by atoms with van der Waals surface area (Å²) in [6.07, 6.45) is 0.736. The van der Waals surface area contributed by atoms with Crippen molar-refractivity contribution in [3.63, 3.8) is 0 Å². The third kappa shape index (κ3) is 3.45. The molecule has 2 rings (SSSR count). The van der Waals surface area contributed by atoms with E-state index in [0.717, 1.165) is 6.42 Å². The van der Waals surface area contributed by atoms with E-state index < -0.39 is 0 Å². The van der Waals surface area contributed by atoms with Crippen LogP contribution in [-0.4, -0.2) is 11.9 Å². The lowest BCUT2D eigenvalue weighted by molar-refractivity contribution is 0.0944. The van der Waals surface area contributed by atoms with Gasteiger partial charge in [-0.25, -0.2) is 0 Å². The van der Waals surface area contributed by atoms with Gasteiger partial charge in [0.1, 0.15) is 0 Å². The van der Waals surface area contributed by atoms with Gasteiger partial charge in [-0.3, -0.25) is 4.79 Å². The maximum atomic E-state index is 11.9. The zero-order chi connectivity index (χ0) is 12.8. The number of benzene rings is 2. The number of hydrogen-bond donors (Lipinski definition) is 1. The molecule has 0 aliphatic rings. The minimum absolute atomic E-state index is 0.0773. The van der Waals surface area contributed by atoms with Gasteiger partial charge in [0.15, 0.2) is 0 Å². The molecular weight excluding hydrogens is 222 g/mol. The van der Waals surface area contributed by atoms with E-state index >= 15 is 0 Å². The number of carbonyl (C=O) groups is 1. The van der Waals surface area contributed by atoms with E-state index in [1.165, 1.54) is 5.56 Å². The molecule has 1 radical (unpaired) electrons. The van der Waals surface area contributed by atoms with Crippen molar-refractivity contribution < 1.29 is 4.79 Å². The quantitative estimate of drug-likeness (QED) is 0.872. The van der Waals surface area contributed by atoms with Crippen molar-refractivity contribution in [3.8, 4) is 0 Å². The Bertz CT molecular complexity index is 493. The lowest BCUT2D eigenvalue weighted by atomic mass is 10.1. The molecule has 2 aromatic carbocycles. The highest BCUT2D eigenvalue weighted by Crippen LogP contribution is 2.04. The summed E-state index contributed by atoms with van der Waals surface area (Å²) < 4.78 is 0. The van der Waals surface area contributed by atoms with Gasteiger partial charge in [-0.2, -0.15) is 0 Å². The van der Waals surface area contributed by atoms with Crippen LogP contribution in [0.4, 0.5) is 0 Å². The fourth-order valence-corrected chi connectivity index (χ4v) is 1.81. The summed E-state index contributed by atoms with van der Waals surface area (Å²) in [5.41, 5.74) is 1.84. The van der Waals surface area contributed by atoms with Gasteiger partial charge in [0.2, 0.25) is 0 Å². The molecule has 0 bridgehead atoms. The largest absolute Gasteiger partial charge is 0.349 e. The van der Waals surface area contributed by atoms with Gasteiger partial charge < -0.3 is 5.32 Å². The summed E-state index contributed by atoms with van der Waals surface area (Å²) in [7, 11) is 0. The van der Waals surface area contributed by atoms with Gasteiger partial charge in [-0.05, 0) is 31.0 Å². The van der Waals surface area contributed by atoms with Gasteiger partial charge in [0, 0.05) is 11.6 Å². The summed E-state index contributed by atoms with van der Waals surface area (Å²) in [5.74, 6) is -0.0773. The topological polar surface area (TPSA) is 29.1 Å². The molecule has 1 unspecified atom stereocenters. The molecular formula is C16H16NO. The van der Waals surface area contributed by atoms with Crippen LogP contribution in [0.5, 0.6) is 0 Å². The molecule has 1 atom stereocenters. The van der Waals surface area contributed by atoms with Crippen molar-refractivity contribution in [1.82, 2.24) is 5.32 Å². The predicted molar refractivity (Wildman–Crippen MR) is 73.2 cm³/mol. The average Bonchev–Trinajstić information content (AvgIpc) is 2.40. The second-order valence-electron chi connectivity index (χ2n) is 4.23. The van der Waals surface area contributed by atoms with Crippen molar-refractivity contribution in [1.29, 1.82) is 0 Å². The van der Waals surface area contributed by atoms with E-state index in [-0.39, 0.29) is 11.9 Å². The lowest BCUT2D eigenvalue weighted by Crippen LogP contribution is -2.34. The summed E-state index contributed by atoms with van der Waals surface area (Å²) in [6.45, 7) is 3.97. The highest BCUT2D eigenvalue weighted by Gasteiger charge is 2.09. The summed E-state index contributed by atoms with van der Waals surface area (Å²) in [6, 6.07) is 19.1. The molecule has 0 heterocycles. The molecule has 0 saturated heterocycles. The van der Waals surface area contributed by atoms with Crippen LogP contribution in [-0.2, 0) is 6.42 Å². The van der Waals surface area contributed by atoms with Crippen LogP contribution in [0.25, 0.3) is 0 Å². The van der Waals surface area contributed by atoms with Gasteiger partial charge in [-0.1, -0.05) is 48.5 Å². The Hall–Kier alpha value is -2.09. The molecule has 0 aromatic heterocycles. The predicted octanol–water partition coefficient (Wildman–Crippen LogP) is 2.86. The van der Waals surface area contributed by atoms with Gasteiger partial charge >= 0.3 is 0 Å². The van der Waals surface area contributed by atoms with Crippen LogP contribution < -0.4 is 5.32 Å². The third-order valence-corrected chi connectivity index (χ3v) is 2.70. The number of amides is 1. The van der Waals surface area contributed by atoms with Crippen LogP contribution in [0.1, 0.15) is 15.9 Å². The SMILES string of the molecule is [CH2]C(Cc1ccccc1)NC(=O)c1ccccc1. The van der Waals surface area contributed by atoms with E-state index in [0.29, 0.717) is 5.56 Å². The van der Waals surface area contributed by atoms with E-state index in [9.17, 15) is 4.79 Å². The minimum Gasteiger partial charge on any atom is -0.349 e. The standard InChI is InChI=1S/C16H16NO/c1-13(12-14-8-4-2-5-9-14)17-16(18)15-10-6-3-7-11-15/h2-11,13H,1,12H2,(H,17,18). The van der Waals surface area contributed by atoms with Crippen LogP contribution >= 0.6 is 0 Å². The highest BCUT2D eigenvalue weighted by molar-refractivity contribution is 5.94. The van der Waals surface area contributed by atoms with Crippen molar-refractivity contribution >= 4 is 5.91 Å². The van der Waals surface area contributed by atoms with Crippen LogP contribution in [0, 0.1) is 6.92 Å². The van der Waals surface area contributed by atoms with E-state index in [2.05, 4.69) is 12.2 Å². The fourth-order valence-electron chi connectivity index (χ4n) is 1.81. The van der Waals surface area contributed by atoms with E-state index in [1.807, 2.05) is 48.5 Å². The first-order chi connectivity index (χ1) is 8.75. The number of rotatable bonds is 4. The monoisotopic (exact) mass is 238 g/mol. The Balaban J connectivity index is 1.92. The summed E-state index contributed by atoms with van der Waals surface area (Å²) in [5, 5.41) is 2.89. The maximum absolute atomic E-state index is 11.9. The smallest absolute Gasteiger partial charge is 0.251 e. The molecule has 0 fully saturated rings. The molecule has 2 nitrogen and oxygen atoms in total. The normalized spacial score (nSPS) is 11.8. The number of nitrogens with one attached hydrogen (secondary N) is 1. The first-order valence-electron chi connectivity index (χ1n) is 5.98. The first-order valence-corrected chi connectivity index (χ1v) is 5.98. The molecule has 0 spiro atoms. The molecule has 2 aromatic rings. The first kappa shape index (κ1) is 12.4. The molecule has 0 aliphatic carbocycles. The van der Waals surface area contributed by atoms with Gasteiger partial charge in [0.25, 0.3) is 5.91 Å². The lowest BCUT2D eigenvalue weighted by Gasteiger charge is -2.13. The Kier molecular flexibility index (Phi) is 4.13. The van der Waals surface area contributed by atoms with Crippen LogP contribution in [0.2, 0.25) is 0 Å². The van der Waals surface area contributed by atoms with Crippen molar-refractivity contribution in [3.05, 3.63) is 78.7 Å². The van der Waals surface area contributed by atoms with Crippen molar-refractivity contribution in [2.24, 2.45) is 0 Å². The Labute approximate surface area is 108 Å². The highest BCUT2D eigenvalue weighted by atomic mass is 16.1. The van der Waals surface area contributed by atoms with Crippen LogP contribution in [0.15, 0.2) is 60.7 Å². The molecule has 18 heavy (non-hydrogen) atoms. The number of hydrogen-bond acceptors (Lipinski definition) is 1. The Morgan fingerprint density at radius 2 is 1.56 bits per heavy atom. The summed E-state index contributed by atoms with van der Waals surface area (Å²) >= 11 is 0. The summed E-state index contributed by atoms with van der Waals surface area (Å²) in [4.78, 5) is 11.9. The second-order valence-corrected chi connectivity index (χ2v) is 4.23. The van der Waals surface area contributed by atoms with Crippen LogP contribution in [0.3, 0.4) is 0 Å². The zero-order valence-corrected chi connectivity index (χ0v) is 10.2. The second kappa shape index (κ2) is 6.01. The molecule has 1 amide bonds. The van der Waals surface area contributed by atoms with Crippen molar-refractivity contribution in [2.45, 2.75) is 12.5 Å². The molecule has 2 heteroatoms. The average molecular weight is 238 g/mol. The molecule has 0 saturated carbocycles. The fraction of sp³-hybridized carbons (Fsp3) is 0.125. The van der Waals surface area contributed by atoms with Crippen molar-refractivity contribution in [2.75, 3.05) is 0 Å². The van der Waals surface area contributed by atoms with E-state index in [1.54, 1.807) is 12.1 Å². The minimum atomic E-state index is -0.125. The molecule has 1 N–H and O–H groups in total. The Morgan fingerprint density at radius 1 is 1.00 bits per heavy atom. The zero-order valence-electron chi connectivity index (χ0n) is 10.2.